The van der Waals surface area contributed by atoms with Gasteiger partial charge in [-0.3, -0.25) is 4.79 Å². The van der Waals surface area contributed by atoms with E-state index in [9.17, 15) is 9.90 Å². The number of ketones is 1. The van der Waals surface area contributed by atoms with Gasteiger partial charge in [-0.25, -0.2) is 0 Å². The van der Waals surface area contributed by atoms with Gasteiger partial charge in [0.2, 0.25) is 0 Å². The molecule has 1 aromatic rings. The van der Waals surface area contributed by atoms with Crippen LogP contribution in [0.3, 0.4) is 0 Å². The van der Waals surface area contributed by atoms with Crippen LogP contribution in [0.15, 0.2) is 30.3 Å². The van der Waals surface area contributed by atoms with Crippen molar-refractivity contribution in [3.63, 3.8) is 0 Å². The molecule has 2 unspecified atom stereocenters. The van der Waals surface area contributed by atoms with Crippen molar-refractivity contribution >= 4 is 5.78 Å². The number of hydrogen-bond donors (Lipinski definition) is 3. The van der Waals surface area contributed by atoms with Crippen molar-refractivity contribution in [3.8, 4) is 0 Å². The van der Waals surface area contributed by atoms with Crippen molar-refractivity contribution in [3.05, 3.63) is 35.9 Å². The lowest BCUT2D eigenvalue weighted by Gasteiger charge is -2.39. The van der Waals surface area contributed by atoms with Crippen LogP contribution in [0.25, 0.3) is 0 Å². The van der Waals surface area contributed by atoms with Crippen LogP contribution in [0.4, 0.5) is 0 Å². The molecule has 94 valence electrons. The van der Waals surface area contributed by atoms with E-state index < -0.39 is 11.3 Å². The molecule has 1 aromatic carbocycles. The third-order valence-electron chi connectivity index (χ3n) is 3.31. The van der Waals surface area contributed by atoms with Gasteiger partial charge in [0.15, 0.2) is 5.78 Å². The highest BCUT2D eigenvalue weighted by Gasteiger charge is 2.48. The highest BCUT2D eigenvalue weighted by molar-refractivity contribution is 6.04. The molecular weight excluding hydrogens is 216 g/mol. The summed E-state index contributed by atoms with van der Waals surface area (Å²) in [4.78, 5) is 12.3. The number of rotatable bonds is 5. The zero-order chi connectivity index (χ0) is 13.1. The topological polar surface area (TPSA) is 89.3 Å². The smallest absolute Gasteiger partial charge is 0.186 e. The number of carbonyl (C=O) groups excluding carboxylic acids is 1. The molecule has 0 fully saturated rings. The first-order chi connectivity index (χ1) is 7.89. The predicted molar refractivity (Wildman–Crippen MR) is 67.4 cm³/mol. The summed E-state index contributed by atoms with van der Waals surface area (Å²) in [6, 6.07) is 8.67. The summed E-state index contributed by atoms with van der Waals surface area (Å²) in [5, 5.41) is 10.1. The fourth-order valence-corrected chi connectivity index (χ4v) is 1.83. The number of hydrogen-bond acceptors (Lipinski definition) is 4. The molecule has 0 heterocycles. The summed E-state index contributed by atoms with van der Waals surface area (Å²) in [5.74, 6) is -0.326. The molecule has 0 aliphatic carbocycles. The number of carbonyl (C=O) groups is 1. The van der Waals surface area contributed by atoms with Crippen molar-refractivity contribution < 1.29 is 9.90 Å². The second kappa shape index (κ2) is 4.96. The molecule has 0 radical (unpaired) electrons. The maximum absolute atomic E-state index is 12.3. The molecule has 5 N–H and O–H groups in total. The van der Waals surface area contributed by atoms with E-state index in [1.165, 1.54) is 0 Å². The molecular formula is C13H20N2O2. The fraction of sp³-hybridized carbons (Fsp3) is 0.462. The Morgan fingerprint density at radius 1 is 1.18 bits per heavy atom. The first kappa shape index (κ1) is 13.8. The number of benzene rings is 1. The lowest BCUT2D eigenvalue weighted by molar-refractivity contribution is -0.0249. The third-order valence-corrected chi connectivity index (χ3v) is 3.31. The van der Waals surface area contributed by atoms with Crippen molar-refractivity contribution in [1.82, 2.24) is 0 Å². The highest BCUT2D eigenvalue weighted by Crippen LogP contribution is 2.26. The Morgan fingerprint density at radius 3 is 2.12 bits per heavy atom. The largest absolute Gasteiger partial charge is 0.374 e. The van der Waals surface area contributed by atoms with E-state index in [-0.39, 0.29) is 18.6 Å². The van der Waals surface area contributed by atoms with Crippen molar-refractivity contribution in [2.45, 2.75) is 38.0 Å². The van der Waals surface area contributed by atoms with E-state index >= 15 is 0 Å². The van der Waals surface area contributed by atoms with Crippen molar-refractivity contribution in [2.75, 3.05) is 0 Å². The molecule has 0 aliphatic rings. The Balaban J connectivity index is 3.16. The monoisotopic (exact) mass is 236 g/mol. The van der Waals surface area contributed by atoms with Crippen LogP contribution in [-0.4, -0.2) is 22.2 Å². The molecule has 0 spiro atoms. The molecule has 0 saturated heterocycles. The molecule has 0 amide bonds. The minimum atomic E-state index is -1.70. The average Bonchev–Trinajstić information content (AvgIpc) is 2.37. The Bertz CT molecular complexity index is 390. The molecule has 0 aliphatic heterocycles. The number of aliphatic hydroxyl groups is 1. The lowest BCUT2D eigenvalue weighted by Crippen LogP contribution is -2.69. The van der Waals surface area contributed by atoms with Crippen LogP contribution < -0.4 is 11.5 Å². The number of nitrogens with two attached hydrogens (primary N) is 2. The van der Waals surface area contributed by atoms with E-state index in [0.29, 0.717) is 5.56 Å². The second-order valence-corrected chi connectivity index (χ2v) is 4.30. The zero-order valence-corrected chi connectivity index (χ0v) is 10.3. The van der Waals surface area contributed by atoms with Crippen LogP contribution >= 0.6 is 0 Å². The van der Waals surface area contributed by atoms with Gasteiger partial charge in [0, 0.05) is 5.56 Å². The number of Topliss-reactive ketones (excluding diaryl/α,β-unsaturated/α-hetero) is 1. The summed E-state index contributed by atoms with van der Waals surface area (Å²) in [7, 11) is 0. The van der Waals surface area contributed by atoms with Gasteiger partial charge >= 0.3 is 0 Å². The van der Waals surface area contributed by atoms with Crippen LogP contribution in [0.5, 0.6) is 0 Å². The molecule has 0 aromatic heterocycles. The van der Waals surface area contributed by atoms with Crippen molar-refractivity contribution in [1.29, 1.82) is 0 Å². The minimum absolute atomic E-state index is 0.218. The zero-order valence-electron chi connectivity index (χ0n) is 10.3. The molecule has 0 bridgehead atoms. The summed E-state index contributed by atoms with van der Waals surface area (Å²) in [6.07, 6.45) is 0.498. The van der Waals surface area contributed by atoms with Crippen LogP contribution in [-0.2, 0) is 0 Å². The summed E-state index contributed by atoms with van der Waals surface area (Å²) < 4.78 is 0. The highest BCUT2D eigenvalue weighted by atomic mass is 16.3. The molecule has 1 rings (SSSR count). The Kier molecular flexibility index (Phi) is 4.03. The van der Waals surface area contributed by atoms with E-state index in [0.717, 1.165) is 0 Å². The van der Waals surface area contributed by atoms with E-state index in [1.54, 1.807) is 38.1 Å². The Hall–Kier alpha value is -1.23. The maximum atomic E-state index is 12.3. The van der Waals surface area contributed by atoms with Gasteiger partial charge in [-0.1, -0.05) is 44.2 Å². The normalized spacial score (nSPS) is 18.2. The Labute approximate surface area is 102 Å². The summed E-state index contributed by atoms with van der Waals surface area (Å²) >= 11 is 0. The molecule has 0 saturated carbocycles. The summed E-state index contributed by atoms with van der Waals surface area (Å²) in [5.41, 5.74) is 9.10. The van der Waals surface area contributed by atoms with Gasteiger partial charge in [0.25, 0.3) is 0 Å². The van der Waals surface area contributed by atoms with E-state index in [4.69, 9.17) is 11.5 Å². The van der Waals surface area contributed by atoms with Crippen LogP contribution in [0, 0.1) is 0 Å². The van der Waals surface area contributed by atoms with Gasteiger partial charge < -0.3 is 16.6 Å². The standard InChI is InChI=1S/C13H20N2O2/c1-3-12(14,13(15,17)4-2)11(16)10-8-6-5-7-9-10/h5-9,17H,3-4,14-15H2,1-2H3. The first-order valence-electron chi connectivity index (χ1n) is 5.79. The van der Waals surface area contributed by atoms with Crippen LogP contribution in [0.2, 0.25) is 0 Å². The average molecular weight is 236 g/mol. The lowest BCUT2D eigenvalue weighted by atomic mass is 9.77. The maximum Gasteiger partial charge on any atom is 0.186 e. The fourth-order valence-electron chi connectivity index (χ4n) is 1.83. The molecule has 4 heteroatoms. The SMILES string of the molecule is CCC(N)(O)C(N)(CC)C(=O)c1ccccc1. The van der Waals surface area contributed by atoms with Crippen LogP contribution in [0.1, 0.15) is 37.0 Å². The predicted octanol–water partition coefficient (Wildman–Crippen LogP) is 1.03. The third kappa shape index (κ3) is 2.39. The molecule has 17 heavy (non-hydrogen) atoms. The van der Waals surface area contributed by atoms with Gasteiger partial charge in [0.1, 0.15) is 11.3 Å². The van der Waals surface area contributed by atoms with Gasteiger partial charge in [-0.05, 0) is 12.8 Å². The van der Waals surface area contributed by atoms with Gasteiger partial charge in [-0.15, -0.1) is 0 Å². The van der Waals surface area contributed by atoms with Gasteiger partial charge in [-0.2, -0.15) is 0 Å². The van der Waals surface area contributed by atoms with E-state index in [1.807, 2.05) is 6.07 Å². The molecule has 2 atom stereocenters. The quantitative estimate of drug-likeness (QED) is 0.526. The van der Waals surface area contributed by atoms with Crippen molar-refractivity contribution in [2.24, 2.45) is 11.5 Å². The molecule has 4 nitrogen and oxygen atoms in total. The van der Waals surface area contributed by atoms with Gasteiger partial charge in [0.05, 0.1) is 0 Å². The minimum Gasteiger partial charge on any atom is -0.374 e. The first-order valence-corrected chi connectivity index (χ1v) is 5.79. The summed E-state index contributed by atoms with van der Waals surface area (Å²) in [6.45, 7) is 3.45. The van der Waals surface area contributed by atoms with E-state index in [2.05, 4.69) is 0 Å². The second-order valence-electron chi connectivity index (χ2n) is 4.30. The Morgan fingerprint density at radius 2 is 1.71 bits per heavy atom.